The van der Waals surface area contributed by atoms with Gasteiger partial charge in [0.2, 0.25) is 0 Å². The molecule has 1 aromatic heterocycles. The Morgan fingerprint density at radius 3 is 2.90 bits per heavy atom. The Hall–Kier alpha value is -1.33. The third-order valence-corrected chi connectivity index (χ3v) is 3.56. The first-order valence-corrected chi connectivity index (χ1v) is 7.48. The molecule has 1 atom stereocenters. The number of ether oxygens (including phenoxy) is 1. The van der Waals surface area contributed by atoms with Crippen molar-refractivity contribution in [2.24, 2.45) is 12.8 Å². The summed E-state index contributed by atoms with van der Waals surface area (Å²) >= 11 is 3.49. The van der Waals surface area contributed by atoms with E-state index in [2.05, 4.69) is 27.0 Å². The number of hydrogen-bond acceptors (Lipinski definition) is 3. The Morgan fingerprint density at radius 1 is 1.45 bits per heavy atom. The fraction of sp³-hybridized carbons (Fsp3) is 0.400. The molecule has 0 aliphatic carbocycles. The molecule has 0 aliphatic heterocycles. The first kappa shape index (κ1) is 15.1. The molecule has 0 saturated carbocycles. The molecule has 1 aromatic carbocycles. The van der Waals surface area contributed by atoms with E-state index in [0.29, 0.717) is 6.61 Å². The maximum absolute atomic E-state index is 5.89. The number of benzene rings is 1. The molecule has 0 radical (unpaired) electrons. The predicted molar refractivity (Wildman–Crippen MR) is 83.9 cm³/mol. The van der Waals surface area contributed by atoms with Gasteiger partial charge in [-0.2, -0.15) is 0 Å². The monoisotopic (exact) mass is 337 g/mol. The molecule has 0 spiro atoms. The number of halogens is 1. The number of hydrogen-bond donors (Lipinski definition) is 1. The molecule has 2 N–H and O–H groups in total. The van der Waals surface area contributed by atoms with Crippen LogP contribution in [0.1, 0.15) is 18.3 Å². The van der Waals surface area contributed by atoms with Crippen LogP contribution in [0, 0.1) is 0 Å². The van der Waals surface area contributed by atoms with Crippen molar-refractivity contribution in [1.82, 2.24) is 9.55 Å². The molecule has 1 heterocycles. The van der Waals surface area contributed by atoms with E-state index in [-0.39, 0.29) is 6.04 Å². The summed E-state index contributed by atoms with van der Waals surface area (Å²) in [4.78, 5) is 4.29. The van der Waals surface area contributed by atoms with Crippen LogP contribution < -0.4 is 10.5 Å². The highest BCUT2D eigenvalue weighted by Crippen LogP contribution is 2.24. The van der Waals surface area contributed by atoms with Crippen molar-refractivity contribution in [2.45, 2.75) is 25.8 Å². The standard InChI is InChI=1S/C15H20BrN3O/c1-11(17)9-12-10-13(16)3-4-14(12)20-8-5-15-18-6-7-19(15)2/h3-4,6-7,10-11H,5,8-9,17H2,1-2H3. The zero-order valence-corrected chi connectivity index (χ0v) is 13.4. The summed E-state index contributed by atoms with van der Waals surface area (Å²) in [6.07, 6.45) is 5.33. The first-order valence-electron chi connectivity index (χ1n) is 6.69. The maximum Gasteiger partial charge on any atom is 0.122 e. The van der Waals surface area contributed by atoms with Crippen LogP contribution in [0.4, 0.5) is 0 Å². The van der Waals surface area contributed by atoms with Gasteiger partial charge in [0, 0.05) is 36.4 Å². The van der Waals surface area contributed by atoms with Gasteiger partial charge in [-0.25, -0.2) is 4.98 Å². The maximum atomic E-state index is 5.89. The highest BCUT2D eigenvalue weighted by Gasteiger charge is 2.08. The number of aromatic nitrogens is 2. The average Bonchev–Trinajstić information content (AvgIpc) is 2.77. The van der Waals surface area contributed by atoms with E-state index in [0.717, 1.165) is 34.5 Å². The van der Waals surface area contributed by atoms with Gasteiger partial charge < -0.3 is 15.0 Å². The van der Waals surface area contributed by atoms with E-state index in [1.54, 1.807) is 6.20 Å². The lowest BCUT2D eigenvalue weighted by molar-refractivity contribution is 0.313. The van der Waals surface area contributed by atoms with E-state index in [4.69, 9.17) is 10.5 Å². The normalized spacial score (nSPS) is 12.4. The fourth-order valence-electron chi connectivity index (χ4n) is 2.08. The van der Waals surface area contributed by atoms with Crippen molar-refractivity contribution in [3.63, 3.8) is 0 Å². The second kappa shape index (κ2) is 6.90. The topological polar surface area (TPSA) is 53.1 Å². The molecule has 2 aromatic rings. The van der Waals surface area contributed by atoms with E-state index in [1.165, 1.54) is 0 Å². The third-order valence-electron chi connectivity index (χ3n) is 3.07. The van der Waals surface area contributed by atoms with Crippen molar-refractivity contribution in [2.75, 3.05) is 6.61 Å². The van der Waals surface area contributed by atoms with Crippen LogP contribution in [0.5, 0.6) is 5.75 Å². The molecule has 1 unspecified atom stereocenters. The number of nitrogens with zero attached hydrogens (tertiary/aromatic N) is 2. The summed E-state index contributed by atoms with van der Waals surface area (Å²) < 4.78 is 8.95. The molecule has 4 nitrogen and oxygen atoms in total. The molecule has 0 bridgehead atoms. The summed E-state index contributed by atoms with van der Waals surface area (Å²) in [7, 11) is 1.99. The molecular weight excluding hydrogens is 318 g/mol. The summed E-state index contributed by atoms with van der Waals surface area (Å²) in [6.45, 7) is 2.61. The van der Waals surface area contributed by atoms with Gasteiger partial charge in [-0.1, -0.05) is 15.9 Å². The molecule has 20 heavy (non-hydrogen) atoms. The van der Waals surface area contributed by atoms with Crippen LogP contribution >= 0.6 is 15.9 Å². The molecular formula is C15H20BrN3O. The summed E-state index contributed by atoms with van der Waals surface area (Å²) in [5, 5.41) is 0. The van der Waals surface area contributed by atoms with Crippen molar-refractivity contribution in [1.29, 1.82) is 0 Å². The average molecular weight is 338 g/mol. The Balaban J connectivity index is 2.00. The largest absolute Gasteiger partial charge is 0.493 e. The van der Waals surface area contributed by atoms with Crippen molar-refractivity contribution < 1.29 is 4.74 Å². The van der Waals surface area contributed by atoms with Gasteiger partial charge in [-0.05, 0) is 37.1 Å². The van der Waals surface area contributed by atoms with Crippen LogP contribution in [-0.4, -0.2) is 22.2 Å². The van der Waals surface area contributed by atoms with Gasteiger partial charge in [0.05, 0.1) is 6.61 Å². The molecule has 2 rings (SSSR count). The minimum atomic E-state index is 0.112. The van der Waals surface area contributed by atoms with Gasteiger partial charge in [-0.15, -0.1) is 0 Å². The van der Waals surface area contributed by atoms with Gasteiger partial charge in [0.1, 0.15) is 11.6 Å². The van der Waals surface area contributed by atoms with Crippen molar-refractivity contribution in [3.8, 4) is 5.75 Å². The summed E-state index contributed by atoms with van der Waals surface area (Å²) in [6, 6.07) is 6.15. The number of aryl methyl sites for hydroxylation is 1. The second-order valence-corrected chi connectivity index (χ2v) is 5.90. The lowest BCUT2D eigenvalue weighted by Gasteiger charge is -2.13. The summed E-state index contributed by atoms with van der Waals surface area (Å²) in [5.41, 5.74) is 7.02. The van der Waals surface area contributed by atoms with Gasteiger partial charge in [0.15, 0.2) is 0 Å². The quantitative estimate of drug-likeness (QED) is 0.881. The minimum absolute atomic E-state index is 0.112. The number of rotatable bonds is 6. The van der Waals surface area contributed by atoms with Crippen LogP contribution in [0.15, 0.2) is 35.1 Å². The van der Waals surface area contributed by atoms with Crippen molar-refractivity contribution in [3.05, 3.63) is 46.5 Å². The predicted octanol–water partition coefficient (Wildman–Crippen LogP) is 2.69. The molecule has 0 amide bonds. The number of nitrogens with two attached hydrogens (primary N) is 1. The zero-order chi connectivity index (χ0) is 14.5. The highest BCUT2D eigenvalue weighted by molar-refractivity contribution is 9.10. The highest BCUT2D eigenvalue weighted by atomic mass is 79.9. The lowest BCUT2D eigenvalue weighted by atomic mass is 10.1. The van der Waals surface area contributed by atoms with E-state index in [1.807, 2.05) is 36.9 Å². The smallest absolute Gasteiger partial charge is 0.122 e. The minimum Gasteiger partial charge on any atom is -0.493 e. The van der Waals surface area contributed by atoms with Crippen LogP contribution in [0.3, 0.4) is 0 Å². The molecule has 5 heteroatoms. The second-order valence-electron chi connectivity index (χ2n) is 4.99. The van der Waals surface area contributed by atoms with Crippen LogP contribution in [-0.2, 0) is 19.9 Å². The van der Waals surface area contributed by atoms with Gasteiger partial charge >= 0.3 is 0 Å². The van der Waals surface area contributed by atoms with E-state index in [9.17, 15) is 0 Å². The van der Waals surface area contributed by atoms with E-state index < -0.39 is 0 Å². The van der Waals surface area contributed by atoms with Crippen LogP contribution in [0.2, 0.25) is 0 Å². The van der Waals surface area contributed by atoms with Gasteiger partial charge in [-0.3, -0.25) is 0 Å². The Kier molecular flexibility index (Phi) is 5.20. The molecule has 0 saturated heterocycles. The third kappa shape index (κ3) is 4.08. The van der Waals surface area contributed by atoms with E-state index >= 15 is 0 Å². The van der Waals surface area contributed by atoms with Gasteiger partial charge in [0.25, 0.3) is 0 Å². The summed E-state index contributed by atoms with van der Waals surface area (Å²) in [5.74, 6) is 1.93. The van der Waals surface area contributed by atoms with Crippen LogP contribution in [0.25, 0.3) is 0 Å². The molecule has 0 fully saturated rings. The van der Waals surface area contributed by atoms with Crippen molar-refractivity contribution >= 4 is 15.9 Å². The molecule has 108 valence electrons. The fourth-order valence-corrected chi connectivity index (χ4v) is 2.49. The Bertz CT molecular complexity index is 566. The lowest BCUT2D eigenvalue weighted by Crippen LogP contribution is -2.18. The molecule has 0 aliphatic rings. The zero-order valence-electron chi connectivity index (χ0n) is 11.8. The SMILES string of the molecule is CC(N)Cc1cc(Br)ccc1OCCc1nccn1C. The first-order chi connectivity index (χ1) is 9.56. The Labute approximate surface area is 128 Å². The Morgan fingerprint density at radius 2 is 2.25 bits per heavy atom. The number of imidazole rings is 1.